The predicted molar refractivity (Wildman–Crippen MR) is 116 cm³/mol. The SMILES string of the molecule is CCCCC1(C(O)CCCN2CCC(Cl)C2C/C=C\CCCC(=O)O)CCC1. The number of halogens is 1. The molecule has 1 aliphatic heterocycles. The molecule has 2 N–H and O–H groups in total. The average molecular weight is 414 g/mol. The lowest BCUT2D eigenvalue weighted by Crippen LogP contribution is -2.42. The van der Waals surface area contributed by atoms with Gasteiger partial charge in [-0.25, -0.2) is 0 Å². The Hall–Kier alpha value is -0.580. The fraction of sp³-hybridized carbons (Fsp3) is 0.870. The van der Waals surface area contributed by atoms with Crippen LogP contribution in [-0.2, 0) is 4.79 Å². The van der Waals surface area contributed by atoms with Crippen LogP contribution in [-0.4, -0.2) is 51.7 Å². The van der Waals surface area contributed by atoms with E-state index in [0.717, 1.165) is 45.2 Å². The van der Waals surface area contributed by atoms with Gasteiger partial charge in [-0.15, -0.1) is 11.6 Å². The van der Waals surface area contributed by atoms with Gasteiger partial charge < -0.3 is 10.2 Å². The number of aliphatic hydroxyl groups excluding tert-OH is 1. The summed E-state index contributed by atoms with van der Waals surface area (Å²) in [5.41, 5.74) is 0.216. The van der Waals surface area contributed by atoms with Gasteiger partial charge in [0.2, 0.25) is 0 Å². The normalized spacial score (nSPS) is 25.8. The number of carboxylic acids is 1. The van der Waals surface area contributed by atoms with E-state index in [1.165, 1.54) is 38.5 Å². The summed E-state index contributed by atoms with van der Waals surface area (Å²) in [5.74, 6) is -0.725. The summed E-state index contributed by atoms with van der Waals surface area (Å²) in [6.45, 7) is 4.29. The van der Waals surface area contributed by atoms with Crippen LogP contribution < -0.4 is 0 Å². The van der Waals surface area contributed by atoms with Crippen molar-refractivity contribution in [2.45, 2.75) is 108 Å². The summed E-state index contributed by atoms with van der Waals surface area (Å²) in [6.07, 6.45) is 17.1. The van der Waals surface area contributed by atoms with Crippen LogP contribution in [0.3, 0.4) is 0 Å². The Bertz CT molecular complexity index is 492. The summed E-state index contributed by atoms with van der Waals surface area (Å²) in [7, 11) is 0. The number of carbonyl (C=O) groups is 1. The molecule has 3 atom stereocenters. The maximum atomic E-state index is 10.8. The summed E-state index contributed by atoms with van der Waals surface area (Å²) in [5, 5.41) is 19.7. The summed E-state index contributed by atoms with van der Waals surface area (Å²) >= 11 is 6.55. The van der Waals surface area contributed by atoms with Crippen molar-refractivity contribution in [1.82, 2.24) is 4.90 Å². The second kappa shape index (κ2) is 12.2. The first-order valence-electron chi connectivity index (χ1n) is 11.4. The number of likely N-dealkylation sites (tertiary alicyclic amines) is 1. The summed E-state index contributed by atoms with van der Waals surface area (Å²) < 4.78 is 0. The van der Waals surface area contributed by atoms with Crippen LogP contribution in [0.2, 0.25) is 0 Å². The van der Waals surface area contributed by atoms with E-state index in [-0.39, 0.29) is 23.3 Å². The molecule has 1 saturated carbocycles. The van der Waals surface area contributed by atoms with E-state index in [4.69, 9.17) is 16.7 Å². The number of unbranched alkanes of at least 4 members (excludes halogenated alkanes) is 2. The van der Waals surface area contributed by atoms with Gasteiger partial charge in [0.05, 0.1) is 11.5 Å². The van der Waals surface area contributed by atoms with E-state index < -0.39 is 5.97 Å². The highest BCUT2D eigenvalue weighted by Gasteiger charge is 2.42. The van der Waals surface area contributed by atoms with Crippen molar-refractivity contribution >= 4 is 17.6 Å². The molecule has 2 rings (SSSR count). The number of aliphatic carboxylic acids is 1. The topological polar surface area (TPSA) is 60.8 Å². The molecule has 0 spiro atoms. The molecule has 2 fully saturated rings. The molecule has 0 aromatic heterocycles. The molecule has 0 radical (unpaired) electrons. The number of allylic oxidation sites excluding steroid dienone is 1. The van der Waals surface area contributed by atoms with E-state index in [0.29, 0.717) is 12.5 Å². The lowest BCUT2D eigenvalue weighted by Gasteiger charge is -2.46. The molecule has 1 heterocycles. The van der Waals surface area contributed by atoms with Crippen molar-refractivity contribution in [3.63, 3.8) is 0 Å². The third kappa shape index (κ3) is 7.03. The first-order chi connectivity index (χ1) is 13.5. The van der Waals surface area contributed by atoms with Crippen molar-refractivity contribution in [2.24, 2.45) is 5.41 Å². The maximum absolute atomic E-state index is 10.8. The minimum Gasteiger partial charge on any atom is -0.481 e. The fourth-order valence-corrected chi connectivity index (χ4v) is 5.24. The van der Waals surface area contributed by atoms with Crippen molar-refractivity contribution in [3.05, 3.63) is 12.2 Å². The summed E-state index contributed by atoms with van der Waals surface area (Å²) in [6, 6.07) is 0.368. The number of aliphatic hydroxyl groups is 1. The Morgan fingerprint density at radius 1 is 1.29 bits per heavy atom. The Morgan fingerprint density at radius 3 is 2.71 bits per heavy atom. The molecule has 2 aliphatic rings. The first-order valence-corrected chi connectivity index (χ1v) is 11.8. The molecule has 4 nitrogen and oxygen atoms in total. The number of alkyl halides is 1. The molecule has 28 heavy (non-hydrogen) atoms. The maximum Gasteiger partial charge on any atom is 0.303 e. The smallest absolute Gasteiger partial charge is 0.303 e. The van der Waals surface area contributed by atoms with Gasteiger partial charge in [0, 0.05) is 12.5 Å². The van der Waals surface area contributed by atoms with Gasteiger partial charge in [0.25, 0.3) is 0 Å². The van der Waals surface area contributed by atoms with E-state index in [1.807, 2.05) is 0 Å². The fourth-order valence-electron chi connectivity index (χ4n) is 4.88. The van der Waals surface area contributed by atoms with E-state index >= 15 is 0 Å². The highest BCUT2D eigenvalue weighted by molar-refractivity contribution is 6.21. The standard InChI is InChI=1S/C23H40ClNO3/c1-2-3-14-23(15-9-16-23)21(26)11-8-17-25-18-13-19(24)20(25)10-6-4-5-7-12-22(27)28/h4,6,19-21,26H,2-3,5,7-18H2,1H3,(H,27,28)/b6-4-. The zero-order valence-electron chi connectivity index (χ0n) is 17.6. The molecule has 1 saturated heterocycles. The summed E-state index contributed by atoms with van der Waals surface area (Å²) in [4.78, 5) is 13.0. The predicted octanol–water partition coefficient (Wildman–Crippen LogP) is 5.37. The number of hydrogen-bond donors (Lipinski definition) is 2. The van der Waals surface area contributed by atoms with Gasteiger partial charge in [-0.1, -0.05) is 38.3 Å². The Kier molecular flexibility index (Phi) is 10.3. The lowest BCUT2D eigenvalue weighted by molar-refractivity contribution is -0.137. The van der Waals surface area contributed by atoms with Crippen molar-refractivity contribution in [1.29, 1.82) is 0 Å². The Morgan fingerprint density at radius 2 is 2.07 bits per heavy atom. The van der Waals surface area contributed by atoms with Crippen LogP contribution in [0.5, 0.6) is 0 Å². The van der Waals surface area contributed by atoms with Crippen LogP contribution in [0.25, 0.3) is 0 Å². The highest BCUT2D eigenvalue weighted by Crippen LogP contribution is 2.49. The van der Waals surface area contributed by atoms with E-state index in [1.54, 1.807) is 0 Å². The molecular formula is C23H40ClNO3. The average Bonchev–Trinajstić information content (AvgIpc) is 2.97. The van der Waals surface area contributed by atoms with Gasteiger partial charge in [-0.2, -0.15) is 0 Å². The minimum atomic E-state index is -0.725. The largest absolute Gasteiger partial charge is 0.481 e. The third-order valence-corrected chi connectivity index (χ3v) is 7.40. The van der Waals surface area contributed by atoms with Crippen molar-refractivity contribution in [2.75, 3.05) is 13.1 Å². The van der Waals surface area contributed by atoms with Crippen LogP contribution in [0, 0.1) is 5.41 Å². The van der Waals surface area contributed by atoms with Gasteiger partial charge in [-0.3, -0.25) is 9.69 Å². The van der Waals surface area contributed by atoms with E-state index in [9.17, 15) is 9.90 Å². The van der Waals surface area contributed by atoms with Crippen molar-refractivity contribution < 1.29 is 15.0 Å². The lowest BCUT2D eigenvalue weighted by atomic mass is 9.61. The second-order valence-corrected chi connectivity index (χ2v) is 9.44. The van der Waals surface area contributed by atoms with Crippen LogP contribution in [0.4, 0.5) is 0 Å². The molecule has 5 heteroatoms. The molecule has 162 valence electrons. The quantitative estimate of drug-likeness (QED) is 0.228. The monoisotopic (exact) mass is 413 g/mol. The second-order valence-electron chi connectivity index (χ2n) is 8.88. The Balaban J connectivity index is 1.70. The third-order valence-electron chi connectivity index (χ3n) is 6.89. The molecule has 0 amide bonds. The van der Waals surface area contributed by atoms with E-state index in [2.05, 4.69) is 24.0 Å². The van der Waals surface area contributed by atoms with Gasteiger partial charge >= 0.3 is 5.97 Å². The first kappa shape index (κ1) is 23.7. The van der Waals surface area contributed by atoms with Gasteiger partial charge in [0.1, 0.15) is 0 Å². The van der Waals surface area contributed by atoms with Crippen molar-refractivity contribution in [3.8, 4) is 0 Å². The zero-order chi connectivity index (χ0) is 20.4. The minimum absolute atomic E-state index is 0.144. The molecule has 3 unspecified atom stereocenters. The van der Waals surface area contributed by atoms with Crippen LogP contribution in [0.15, 0.2) is 12.2 Å². The number of hydrogen-bond acceptors (Lipinski definition) is 3. The van der Waals surface area contributed by atoms with Crippen LogP contribution in [0.1, 0.15) is 90.4 Å². The molecule has 1 aliphatic carbocycles. The number of nitrogens with zero attached hydrogens (tertiary/aromatic N) is 1. The molecule has 0 aromatic carbocycles. The van der Waals surface area contributed by atoms with Crippen LogP contribution >= 0.6 is 11.6 Å². The number of carboxylic acid groups (broad SMARTS) is 1. The van der Waals surface area contributed by atoms with Gasteiger partial charge in [-0.05, 0) is 76.3 Å². The zero-order valence-corrected chi connectivity index (χ0v) is 18.4. The molecule has 0 aromatic rings. The molecular weight excluding hydrogens is 374 g/mol. The molecule has 0 bridgehead atoms. The number of rotatable bonds is 14. The Labute approximate surface area is 176 Å². The highest BCUT2D eigenvalue weighted by atomic mass is 35.5. The van der Waals surface area contributed by atoms with Gasteiger partial charge in [0.15, 0.2) is 0 Å².